The summed E-state index contributed by atoms with van der Waals surface area (Å²) in [5, 5.41) is 9.64. The predicted molar refractivity (Wildman–Crippen MR) is 58.5 cm³/mol. The normalized spacial score (nSPS) is 18.6. The van der Waals surface area contributed by atoms with Crippen molar-refractivity contribution in [3.63, 3.8) is 0 Å². The summed E-state index contributed by atoms with van der Waals surface area (Å²) in [4.78, 5) is 2.36. The van der Waals surface area contributed by atoms with Crippen molar-refractivity contribution in [2.75, 3.05) is 18.0 Å². The van der Waals surface area contributed by atoms with Crippen LogP contribution in [0.5, 0.6) is 0 Å². The maximum Gasteiger partial charge on any atom is 0.0781 e. The Morgan fingerprint density at radius 2 is 1.86 bits per heavy atom. The highest BCUT2D eigenvalue weighted by molar-refractivity contribution is 5.55. The Hall–Kier alpha value is -1.02. The number of benzene rings is 1. The Balaban J connectivity index is 2.30. The molecule has 0 bridgehead atoms. The highest BCUT2D eigenvalue weighted by Gasteiger charge is 2.16. The van der Waals surface area contributed by atoms with Crippen molar-refractivity contribution in [2.45, 2.75) is 25.9 Å². The number of nitrogens with zero attached hydrogens (tertiary/aromatic N) is 1. The first-order valence-corrected chi connectivity index (χ1v) is 5.31. The summed E-state index contributed by atoms with van der Waals surface area (Å²) < 4.78 is 0. The fourth-order valence-corrected chi connectivity index (χ4v) is 2.09. The van der Waals surface area contributed by atoms with Gasteiger partial charge in [-0.2, -0.15) is 0 Å². The van der Waals surface area contributed by atoms with Gasteiger partial charge in [0.15, 0.2) is 0 Å². The van der Waals surface area contributed by atoms with Crippen LogP contribution in [-0.4, -0.2) is 18.2 Å². The van der Waals surface area contributed by atoms with E-state index in [0.717, 1.165) is 18.7 Å². The van der Waals surface area contributed by atoms with E-state index >= 15 is 0 Å². The smallest absolute Gasteiger partial charge is 0.0781 e. The standard InChI is InChI=1S/C12H17NO/c1-10(14)11-6-2-3-7-12(11)13-8-4-5-9-13/h2-3,6-7,10,14H,4-5,8-9H2,1H3/t10-/m1/s1. The van der Waals surface area contributed by atoms with Crippen molar-refractivity contribution >= 4 is 5.69 Å². The molecule has 1 atom stereocenters. The molecule has 1 aromatic rings. The molecule has 0 radical (unpaired) electrons. The summed E-state index contributed by atoms with van der Waals surface area (Å²) >= 11 is 0. The SMILES string of the molecule is C[C@@H](O)c1ccccc1N1CCCC1. The highest BCUT2D eigenvalue weighted by Crippen LogP contribution is 2.28. The van der Waals surface area contributed by atoms with E-state index in [1.165, 1.54) is 18.5 Å². The number of aliphatic hydroxyl groups excluding tert-OH is 1. The van der Waals surface area contributed by atoms with E-state index in [1.807, 2.05) is 25.1 Å². The molecule has 1 saturated heterocycles. The van der Waals surface area contributed by atoms with Gasteiger partial charge in [-0.25, -0.2) is 0 Å². The molecule has 1 aliphatic rings. The van der Waals surface area contributed by atoms with E-state index in [4.69, 9.17) is 0 Å². The summed E-state index contributed by atoms with van der Waals surface area (Å²) in [7, 11) is 0. The first kappa shape index (κ1) is 9.53. The zero-order chi connectivity index (χ0) is 9.97. The summed E-state index contributed by atoms with van der Waals surface area (Å²) in [5.74, 6) is 0. The maximum atomic E-state index is 9.64. The van der Waals surface area contributed by atoms with Gasteiger partial charge >= 0.3 is 0 Å². The van der Waals surface area contributed by atoms with Crippen LogP contribution in [0.2, 0.25) is 0 Å². The number of hydrogen-bond acceptors (Lipinski definition) is 2. The van der Waals surface area contributed by atoms with Crippen LogP contribution in [0.4, 0.5) is 5.69 Å². The lowest BCUT2D eigenvalue weighted by molar-refractivity contribution is 0.199. The lowest BCUT2D eigenvalue weighted by Gasteiger charge is -2.22. The third-order valence-corrected chi connectivity index (χ3v) is 2.83. The van der Waals surface area contributed by atoms with Gasteiger partial charge in [-0.05, 0) is 25.8 Å². The van der Waals surface area contributed by atoms with E-state index in [0.29, 0.717) is 0 Å². The van der Waals surface area contributed by atoms with Gasteiger partial charge < -0.3 is 10.0 Å². The third kappa shape index (κ3) is 1.75. The van der Waals surface area contributed by atoms with Gasteiger partial charge in [-0.1, -0.05) is 18.2 Å². The van der Waals surface area contributed by atoms with Crippen LogP contribution in [0.15, 0.2) is 24.3 Å². The molecule has 0 unspecified atom stereocenters. The molecule has 1 aromatic carbocycles. The average Bonchev–Trinajstić information content (AvgIpc) is 2.70. The predicted octanol–water partition coefficient (Wildman–Crippen LogP) is 2.34. The highest BCUT2D eigenvalue weighted by atomic mass is 16.3. The molecule has 2 rings (SSSR count). The molecule has 1 aliphatic heterocycles. The minimum absolute atomic E-state index is 0.369. The van der Waals surface area contributed by atoms with E-state index in [-0.39, 0.29) is 6.10 Å². The molecule has 0 amide bonds. The molecule has 0 aromatic heterocycles. The maximum absolute atomic E-state index is 9.64. The number of aliphatic hydroxyl groups is 1. The molecule has 76 valence electrons. The van der Waals surface area contributed by atoms with Crippen molar-refractivity contribution < 1.29 is 5.11 Å². The molecule has 14 heavy (non-hydrogen) atoms. The Labute approximate surface area is 85.2 Å². The number of para-hydroxylation sites is 1. The van der Waals surface area contributed by atoms with Crippen LogP contribution >= 0.6 is 0 Å². The van der Waals surface area contributed by atoms with E-state index in [2.05, 4.69) is 11.0 Å². The van der Waals surface area contributed by atoms with Crippen molar-refractivity contribution in [2.24, 2.45) is 0 Å². The van der Waals surface area contributed by atoms with Gasteiger partial charge in [0, 0.05) is 24.3 Å². The summed E-state index contributed by atoms with van der Waals surface area (Å²) in [6.07, 6.45) is 2.18. The number of anilines is 1. The lowest BCUT2D eigenvalue weighted by Crippen LogP contribution is -2.19. The summed E-state index contributed by atoms with van der Waals surface area (Å²) in [6.45, 7) is 4.09. The molecule has 0 saturated carbocycles. The largest absolute Gasteiger partial charge is 0.389 e. The van der Waals surface area contributed by atoms with Crippen LogP contribution in [0.25, 0.3) is 0 Å². The van der Waals surface area contributed by atoms with Crippen molar-refractivity contribution in [3.8, 4) is 0 Å². The fraction of sp³-hybridized carbons (Fsp3) is 0.500. The van der Waals surface area contributed by atoms with Crippen LogP contribution in [0, 0.1) is 0 Å². The first-order chi connectivity index (χ1) is 6.79. The summed E-state index contributed by atoms with van der Waals surface area (Å²) in [5.41, 5.74) is 2.26. The van der Waals surface area contributed by atoms with Gasteiger partial charge in [-0.3, -0.25) is 0 Å². The van der Waals surface area contributed by atoms with Crippen LogP contribution < -0.4 is 4.90 Å². The van der Waals surface area contributed by atoms with Crippen LogP contribution in [-0.2, 0) is 0 Å². The van der Waals surface area contributed by atoms with E-state index in [1.54, 1.807) is 0 Å². The van der Waals surface area contributed by atoms with Crippen molar-refractivity contribution in [3.05, 3.63) is 29.8 Å². The fourth-order valence-electron chi connectivity index (χ4n) is 2.09. The molecule has 2 nitrogen and oxygen atoms in total. The second kappa shape index (κ2) is 4.01. The Kier molecular flexibility index (Phi) is 2.73. The number of hydrogen-bond donors (Lipinski definition) is 1. The molecule has 2 heteroatoms. The zero-order valence-electron chi connectivity index (χ0n) is 8.61. The molecule has 1 N–H and O–H groups in total. The second-order valence-corrected chi connectivity index (χ2v) is 3.93. The summed E-state index contributed by atoms with van der Waals surface area (Å²) in [6, 6.07) is 8.15. The molecule has 1 heterocycles. The van der Waals surface area contributed by atoms with E-state index < -0.39 is 0 Å². The average molecular weight is 191 g/mol. The minimum atomic E-state index is -0.369. The van der Waals surface area contributed by atoms with Gasteiger partial charge in [0.05, 0.1) is 6.10 Å². The second-order valence-electron chi connectivity index (χ2n) is 3.93. The van der Waals surface area contributed by atoms with E-state index in [9.17, 15) is 5.11 Å². The van der Waals surface area contributed by atoms with Crippen LogP contribution in [0.3, 0.4) is 0 Å². The van der Waals surface area contributed by atoms with Gasteiger partial charge in [-0.15, -0.1) is 0 Å². The van der Waals surface area contributed by atoms with Gasteiger partial charge in [0.25, 0.3) is 0 Å². The van der Waals surface area contributed by atoms with Gasteiger partial charge in [0.1, 0.15) is 0 Å². The lowest BCUT2D eigenvalue weighted by atomic mass is 10.1. The topological polar surface area (TPSA) is 23.5 Å². The monoisotopic (exact) mass is 191 g/mol. The molecular weight excluding hydrogens is 174 g/mol. The Morgan fingerprint density at radius 3 is 2.50 bits per heavy atom. The molecule has 0 spiro atoms. The third-order valence-electron chi connectivity index (χ3n) is 2.83. The van der Waals surface area contributed by atoms with Crippen LogP contribution in [0.1, 0.15) is 31.4 Å². The van der Waals surface area contributed by atoms with Gasteiger partial charge in [0.2, 0.25) is 0 Å². The first-order valence-electron chi connectivity index (χ1n) is 5.31. The molecule has 0 aliphatic carbocycles. The zero-order valence-corrected chi connectivity index (χ0v) is 8.61. The van der Waals surface area contributed by atoms with Crippen molar-refractivity contribution in [1.82, 2.24) is 0 Å². The quantitative estimate of drug-likeness (QED) is 0.775. The van der Waals surface area contributed by atoms with Crippen molar-refractivity contribution in [1.29, 1.82) is 0 Å². The minimum Gasteiger partial charge on any atom is -0.389 e. The molecular formula is C12H17NO. The molecule has 1 fully saturated rings. The number of rotatable bonds is 2. The Bertz CT molecular complexity index is 303. The Morgan fingerprint density at radius 1 is 1.21 bits per heavy atom.